The number of carbonyl (C=O) groups is 3. The van der Waals surface area contributed by atoms with Crippen molar-refractivity contribution < 1.29 is 34.5 Å². The van der Waals surface area contributed by atoms with Gasteiger partial charge in [-0.25, -0.2) is 4.79 Å². The fourth-order valence-corrected chi connectivity index (χ4v) is 2.31. The zero-order chi connectivity index (χ0) is 26.1. The van der Waals surface area contributed by atoms with Gasteiger partial charge in [0.1, 0.15) is 0 Å². The summed E-state index contributed by atoms with van der Waals surface area (Å²) in [4.78, 5) is 32.2. The van der Waals surface area contributed by atoms with Crippen LogP contribution in [0.2, 0.25) is 0 Å². The SMILES string of the molecule is CC(=O)N1CCCCC1.COC(=O)O.[CH-]=C/C(=N\O)NC(=O)[CH-][CH2-].[CH2-]CCC(O)CCCC.[Ca+2]. The molecule has 4 N–H and O–H groups in total. The number of rotatable bonds is 7. The Hall–Kier alpha value is -1.49. The van der Waals surface area contributed by atoms with Crippen molar-refractivity contribution in [3.63, 3.8) is 0 Å². The van der Waals surface area contributed by atoms with Gasteiger partial charge in [-0.2, -0.15) is 17.7 Å². The second-order valence-corrected chi connectivity index (χ2v) is 6.82. The quantitative estimate of drug-likeness (QED) is 0.0781. The summed E-state index contributed by atoms with van der Waals surface area (Å²) in [6.07, 6.45) is 9.32. The minimum atomic E-state index is -1.25. The molecule has 1 aliphatic rings. The third kappa shape index (κ3) is 30.5. The number of aliphatic hydroxyl groups excluding tert-OH is 1. The van der Waals surface area contributed by atoms with Crippen LogP contribution >= 0.6 is 0 Å². The van der Waals surface area contributed by atoms with E-state index in [1.54, 1.807) is 6.92 Å². The number of nitrogens with zero attached hydrogens (tertiary/aromatic N) is 2. The minimum absolute atomic E-state index is 0. The molecule has 11 heteroatoms. The molecule has 0 aromatic heterocycles. The average Bonchev–Trinajstić information content (AvgIpc) is 2.82. The monoisotopic (exact) mass is 511 g/mol. The molecular formula is C23H41CaN3O7-2. The van der Waals surface area contributed by atoms with Gasteiger partial charge in [0, 0.05) is 31.8 Å². The van der Waals surface area contributed by atoms with Crippen LogP contribution in [0.5, 0.6) is 0 Å². The molecule has 194 valence electrons. The first-order valence-corrected chi connectivity index (χ1v) is 10.8. The van der Waals surface area contributed by atoms with Crippen molar-refractivity contribution in [3.05, 3.63) is 32.9 Å². The van der Waals surface area contributed by atoms with Crippen LogP contribution in [-0.4, -0.2) is 108 Å². The smallest absolute Gasteiger partial charge is 0.491 e. The second-order valence-electron chi connectivity index (χ2n) is 6.82. The normalized spacial score (nSPS) is 12.9. The standard InChI is InChI=1S/C8H17O.C7H13NO.C6H7N2O2.C2H4O3.Ca/c1-3-5-7-8(9)6-4-2;1-7(9)8-5-3-2-4-6-8;1-3-5(8-10)7-6(9)4-2;1-5-2(3)4;/h8-9H,2-7H2,1H3;2-6H2,1H3;1,3-4,10H,2H2,(H,7,8,9);1H3,(H,3,4);/q-1;;-3;;+2. The number of methoxy groups -OCH3 is 1. The molecule has 0 aromatic carbocycles. The minimum Gasteiger partial charge on any atom is -0.491 e. The Kier molecular flexibility index (Phi) is 34.5. The Labute approximate surface area is 234 Å². The van der Waals surface area contributed by atoms with Crippen LogP contribution in [0.4, 0.5) is 4.79 Å². The van der Waals surface area contributed by atoms with E-state index in [1.807, 2.05) is 4.90 Å². The summed E-state index contributed by atoms with van der Waals surface area (Å²) in [6, 6.07) is 0. The van der Waals surface area contributed by atoms with Crippen LogP contribution in [0.1, 0.15) is 65.2 Å². The fourth-order valence-electron chi connectivity index (χ4n) is 2.31. The molecule has 2 amide bonds. The topological polar surface area (TPSA) is 149 Å². The molecule has 34 heavy (non-hydrogen) atoms. The number of carbonyl (C=O) groups excluding carboxylic acids is 2. The van der Waals surface area contributed by atoms with Crippen LogP contribution in [0.15, 0.2) is 11.2 Å². The number of oxime groups is 1. The summed E-state index contributed by atoms with van der Waals surface area (Å²) in [5.74, 6) is -0.353. The molecule has 10 nitrogen and oxygen atoms in total. The van der Waals surface area contributed by atoms with Crippen LogP contribution in [-0.2, 0) is 14.3 Å². The molecule has 1 fully saturated rings. The van der Waals surface area contributed by atoms with E-state index in [1.165, 1.54) is 25.7 Å². The summed E-state index contributed by atoms with van der Waals surface area (Å²) in [6.45, 7) is 17.5. The molecule has 0 aromatic rings. The van der Waals surface area contributed by atoms with Gasteiger partial charge in [0.2, 0.25) is 5.91 Å². The maximum atomic E-state index is 10.7. The largest absolute Gasteiger partial charge is 2.00 e. The third-order valence-electron chi connectivity index (χ3n) is 4.11. The first kappa shape index (κ1) is 39.7. The fraction of sp³-hybridized carbons (Fsp3) is 0.609. The summed E-state index contributed by atoms with van der Waals surface area (Å²) in [7, 11) is 1.10. The van der Waals surface area contributed by atoms with Crippen LogP contribution in [0.3, 0.4) is 0 Å². The van der Waals surface area contributed by atoms with E-state index in [0.29, 0.717) is 0 Å². The Bertz CT molecular complexity index is 555. The first-order chi connectivity index (χ1) is 15.6. The van der Waals surface area contributed by atoms with Gasteiger partial charge < -0.3 is 55.4 Å². The predicted octanol–water partition coefficient (Wildman–Crippen LogP) is 3.02. The molecule has 1 heterocycles. The van der Waals surface area contributed by atoms with Crippen molar-refractivity contribution >= 4 is 61.5 Å². The van der Waals surface area contributed by atoms with Crippen LogP contribution in [0, 0.1) is 26.8 Å². The Morgan fingerprint density at radius 1 is 1.26 bits per heavy atom. The van der Waals surface area contributed by atoms with Crippen LogP contribution < -0.4 is 5.32 Å². The number of carboxylic acid groups (broad SMARTS) is 1. The molecular weight excluding hydrogens is 470 g/mol. The number of hydrogen-bond donors (Lipinski definition) is 4. The predicted molar refractivity (Wildman–Crippen MR) is 133 cm³/mol. The van der Waals surface area contributed by atoms with Gasteiger partial charge in [-0.15, -0.1) is 0 Å². The van der Waals surface area contributed by atoms with Crippen molar-refractivity contribution in [3.8, 4) is 0 Å². The molecule has 0 aliphatic carbocycles. The van der Waals surface area contributed by atoms with Gasteiger partial charge in [-0.3, -0.25) is 11.4 Å². The van der Waals surface area contributed by atoms with E-state index in [4.69, 9.17) is 26.8 Å². The summed E-state index contributed by atoms with van der Waals surface area (Å²) >= 11 is 0. The number of nitrogens with one attached hydrogen (secondary N) is 1. The zero-order valence-corrected chi connectivity index (χ0v) is 23.1. The molecule has 0 spiro atoms. The second kappa shape index (κ2) is 29.5. The molecule has 1 rings (SSSR count). The summed E-state index contributed by atoms with van der Waals surface area (Å²) in [5, 5.41) is 29.5. The Morgan fingerprint density at radius 3 is 2.09 bits per heavy atom. The van der Waals surface area contributed by atoms with Crippen molar-refractivity contribution in [2.75, 3.05) is 20.2 Å². The van der Waals surface area contributed by atoms with Crippen LogP contribution in [0.25, 0.3) is 0 Å². The van der Waals surface area contributed by atoms with E-state index in [-0.39, 0.29) is 55.6 Å². The van der Waals surface area contributed by atoms with E-state index in [9.17, 15) is 9.59 Å². The Balaban J connectivity index is -0.000000179. The summed E-state index contributed by atoms with van der Waals surface area (Å²) in [5.41, 5.74) is 0. The number of aliphatic hydroxyl groups is 1. The van der Waals surface area contributed by atoms with Crippen molar-refractivity contribution in [1.82, 2.24) is 10.2 Å². The van der Waals surface area contributed by atoms with Gasteiger partial charge in [0.05, 0.1) is 13.2 Å². The molecule has 1 unspecified atom stereocenters. The third-order valence-corrected chi connectivity index (χ3v) is 4.11. The molecule has 0 bridgehead atoms. The maximum absolute atomic E-state index is 10.7. The number of ether oxygens (including phenoxy) is 1. The van der Waals surface area contributed by atoms with Crippen molar-refractivity contribution in [2.45, 2.75) is 71.3 Å². The van der Waals surface area contributed by atoms with Crippen molar-refractivity contribution in [1.29, 1.82) is 0 Å². The van der Waals surface area contributed by atoms with E-state index < -0.39 is 12.1 Å². The number of amidine groups is 1. The average molecular weight is 512 g/mol. The first-order valence-electron chi connectivity index (χ1n) is 10.8. The van der Waals surface area contributed by atoms with E-state index in [0.717, 1.165) is 58.4 Å². The molecule has 1 aliphatic heterocycles. The van der Waals surface area contributed by atoms with E-state index >= 15 is 0 Å². The number of hydrogen-bond acceptors (Lipinski definition) is 7. The molecule has 0 saturated carbocycles. The molecule has 0 radical (unpaired) electrons. The van der Waals surface area contributed by atoms with Gasteiger partial charge in [-0.1, -0.05) is 26.2 Å². The zero-order valence-electron chi connectivity index (χ0n) is 20.9. The van der Waals surface area contributed by atoms with Crippen molar-refractivity contribution in [2.24, 2.45) is 5.16 Å². The number of likely N-dealkylation sites (tertiary alicyclic amines) is 1. The maximum Gasteiger partial charge on any atom is 2.00 e. The number of unbranched alkanes of at least 4 members (excludes halogenated alkanes) is 1. The molecule has 1 atom stereocenters. The van der Waals surface area contributed by atoms with Gasteiger partial charge in [-0.05, 0) is 25.7 Å². The van der Waals surface area contributed by atoms with Gasteiger partial charge >= 0.3 is 43.9 Å². The van der Waals surface area contributed by atoms with E-state index in [2.05, 4.69) is 36.0 Å². The van der Waals surface area contributed by atoms with Gasteiger partial charge in [0.25, 0.3) is 0 Å². The molecule has 1 saturated heterocycles. The number of piperidine rings is 1. The summed E-state index contributed by atoms with van der Waals surface area (Å²) < 4.78 is 3.67. The number of amides is 2. The Morgan fingerprint density at radius 2 is 1.79 bits per heavy atom. The van der Waals surface area contributed by atoms with Gasteiger partial charge in [0.15, 0.2) is 0 Å².